The Kier molecular flexibility index (Phi) is 23.9. The highest BCUT2D eigenvalue weighted by atomic mass is 32.2. The van der Waals surface area contributed by atoms with E-state index in [9.17, 15) is 38.4 Å². The van der Waals surface area contributed by atoms with Crippen LogP contribution in [0.4, 0.5) is 0 Å². The number of benzene rings is 1. The molecular formula is C56H71NO17S2. The standard InChI is InChI=1S/C56H71NO17S2/c1-6-45(58)69-33-11-10-32-68-40-23-15-36(16-24-40)51(61)71-41-25-17-37(18-26-41)52(62)73-43-29-30-44(50-49(43)75-56(76-50)47(57-5)54(64)70-34(3)4)74-53(63)38-19-27-42(28-20-38)72-55(65)48(60)35-13-21-39(22-14-35)67-31-9-8-12-46(59)66-7-2/h6-7,29-30,34-42H,1-2,8-28,31-33H2,3-4H3/b56-47-. The predicted octanol–water partition coefficient (Wildman–Crippen LogP) is 10.0. The van der Waals surface area contributed by atoms with Crippen molar-refractivity contribution in [1.82, 2.24) is 0 Å². The molecule has 0 N–H and O–H groups in total. The lowest BCUT2D eigenvalue weighted by atomic mass is 9.84. The highest BCUT2D eigenvalue weighted by molar-refractivity contribution is 8.24. The van der Waals surface area contributed by atoms with Gasteiger partial charge in [-0.1, -0.05) is 36.7 Å². The van der Waals surface area contributed by atoms with Crippen molar-refractivity contribution < 1.29 is 81.0 Å². The average molecular weight is 1090 g/mol. The Morgan fingerprint density at radius 1 is 0.605 bits per heavy atom. The first-order valence-electron chi connectivity index (χ1n) is 26.7. The molecule has 18 nitrogen and oxygen atoms in total. The summed E-state index contributed by atoms with van der Waals surface area (Å²) in [5, 5.41) is 0. The van der Waals surface area contributed by atoms with Crippen molar-refractivity contribution in [3.8, 4) is 11.5 Å². The number of unbranched alkanes of at least 4 members (excludes halogenated alkanes) is 2. The van der Waals surface area contributed by atoms with Gasteiger partial charge in [0.05, 0.1) is 69.5 Å². The Balaban J connectivity index is 0.960. The van der Waals surface area contributed by atoms with E-state index >= 15 is 0 Å². The Morgan fingerprint density at radius 2 is 1.07 bits per heavy atom. The van der Waals surface area contributed by atoms with Crippen LogP contribution in [0.3, 0.4) is 0 Å². The van der Waals surface area contributed by atoms with E-state index in [0.29, 0.717) is 139 Å². The summed E-state index contributed by atoms with van der Waals surface area (Å²) >= 11 is 2.09. The van der Waals surface area contributed by atoms with Crippen molar-refractivity contribution in [2.24, 2.45) is 23.7 Å². The van der Waals surface area contributed by atoms with Crippen molar-refractivity contribution in [2.45, 2.75) is 189 Å². The van der Waals surface area contributed by atoms with E-state index in [4.69, 9.17) is 49.2 Å². The minimum Gasteiger partial charge on any atom is -0.468 e. The minimum absolute atomic E-state index is 0.0208. The number of Topliss-reactive ketones (excluding diaryl/α,β-unsaturated/α-hetero) is 1. The highest BCUT2D eigenvalue weighted by Crippen LogP contribution is 2.59. The monoisotopic (exact) mass is 1090 g/mol. The summed E-state index contributed by atoms with van der Waals surface area (Å²) in [6.45, 7) is 19.3. The number of thioether (sulfide) groups is 2. The first-order chi connectivity index (χ1) is 36.6. The molecule has 4 fully saturated rings. The molecule has 0 radical (unpaired) electrons. The normalized spacial score (nSPS) is 24.8. The Hall–Kier alpha value is -5.49. The van der Waals surface area contributed by atoms with Gasteiger partial charge in [-0.25, -0.2) is 14.4 Å². The first-order valence-corrected chi connectivity index (χ1v) is 28.4. The highest BCUT2D eigenvalue weighted by Gasteiger charge is 2.39. The number of carbonyl (C=O) groups excluding carboxylic acids is 8. The fraction of sp³-hybridized carbons (Fsp3) is 0.625. The second-order valence-electron chi connectivity index (χ2n) is 20.0. The molecule has 0 bridgehead atoms. The molecule has 1 aliphatic heterocycles. The molecular weight excluding hydrogens is 1020 g/mol. The Labute approximate surface area is 453 Å². The predicted molar refractivity (Wildman–Crippen MR) is 277 cm³/mol. The fourth-order valence-electron chi connectivity index (χ4n) is 9.90. The lowest BCUT2D eigenvalue weighted by Gasteiger charge is -2.31. The van der Waals surface area contributed by atoms with Crippen LogP contribution in [0.5, 0.6) is 11.5 Å². The molecule has 1 heterocycles. The molecule has 414 valence electrons. The molecule has 0 amide bonds. The van der Waals surface area contributed by atoms with E-state index in [2.05, 4.69) is 18.0 Å². The Morgan fingerprint density at radius 3 is 1.55 bits per heavy atom. The van der Waals surface area contributed by atoms with Crippen molar-refractivity contribution in [3.05, 3.63) is 59.0 Å². The fourth-order valence-corrected chi connectivity index (χ4v) is 12.4. The van der Waals surface area contributed by atoms with E-state index in [1.165, 1.54) is 12.1 Å². The van der Waals surface area contributed by atoms with Gasteiger partial charge in [-0.3, -0.25) is 28.8 Å². The lowest BCUT2D eigenvalue weighted by molar-refractivity contribution is -0.162. The van der Waals surface area contributed by atoms with E-state index < -0.39 is 65.6 Å². The van der Waals surface area contributed by atoms with Crippen LogP contribution in [0.25, 0.3) is 4.85 Å². The summed E-state index contributed by atoms with van der Waals surface area (Å²) in [7, 11) is 0. The second-order valence-corrected chi connectivity index (χ2v) is 22.3. The molecule has 20 heteroatoms. The summed E-state index contributed by atoms with van der Waals surface area (Å²) in [5.74, 6) is -5.59. The van der Waals surface area contributed by atoms with Gasteiger partial charge in [0, 0.05) is 31.6 Å². The van der Waals surface area contributed by atoms with Crippen LogP contribution in [-0.4, -0.2) is 97.9 Å². The van der Waals surface area contributed by atoms with Crippen LogP contribution >= 0.6 is 23.5 Å². The number of esters is 7. The zero-order chi connectivity index (χ0) is 54.6. The summed E-state index contributed by atoms with van der Waals surface area (Å²) in [4.78, 5) is 107. The van der Waals surface area contributed by atoms with Gasteiger partial charge in [0.1, 0.15) is 23.7 Å². The molecule has 4 saturated carbocycles. The molecule has 0 unspecified atom stereocenters. The molecule has 6 rings (SSSR count). The van der Waals surface area contributed by atoms with Crippen molar-refractivity contribution in [2.75, 3.05) is 19.8 Å². The van der Waals surface area contributed by atoms with Crippen LogP contribution in [-0.2, 0) is 71.5 Å². The number of rotatable bonds is 25. The molecule has 1 aromatic carbocycles. The van der Waals surface area contributed by atoms with Crippen LogP contribution in [0.15, 0.2) is 57.4 Å². The third kappa shape index (κ3) is 18.1. The molecule has 5 aliphatic rings. The third-order valence-electron chi connectivity index (χ3n) is 14.2. The van der Waals surface area contributed by atoms with Gasteiger partial charge in [0.25, 0.3) is 5.70 Å². The number of carbonyl (C=O) groups is 8. The van der Waals surface area contributed by atoms with E-state index in [1.807, 2.05) is 0 Å². The number of ether oxygens (including phenoxy) is 9. The van der Waals surface area contributed by atoms with Gasteiger partial charge in [-0.2, -0.15) is 0 Å². The smallest absolute Gasteiger partial charge is 0.375 e. The maximum atomic E-state index is 13.7. The van der Waals surface area contributed by atoms with Gasteiger partial charge in [-0.05, 0) is 154 Å². The molecule has 0 aromatic heterocycles. The lowest BCUT2D eigenvalue weighted by Crippen LogP contribution is -2.35. The second kappa shape index (κ2) is 30.5. The largest absolute Gasteiger partial charge is 0.468 e. The topological polar surface area (TPSA) is 224 Å². The molecule has 76 heavy (non-hydrogen) atoms. The van der Waals surface area contributed by atoms with Gasteiger partial charge >= 0.3 is 41.8 Å². The number of hydrogen-bond acceptors (Lipinski definition) is 19. The van der Waals surface area contributed by atoms with Crippen LogP contribution in [0, 0.1) is 30.2 Å². The summed E-state index contributed by atoms with van der Waals surface area (Å²) in [5.41, 5.74) is -0.261. The van der Waals surface area contributed by atoms with E-state index in [1.54, 1.807) is 13.8 Å². The number of ketones is 1. The van der Waals surface area contributed by atoms with Crippen LogP contribution in [0.1, 0.15) is 149 Å². The van der Waals surface area contributed by atoms with Gasteiger partial charge in [0.2, 0.25) is 5.78 Å². The maximum absolute atomic E-state index is 13.7. The minimum atomic E-state index is -0.866. The number of hydrogen-bond donors (Lipinski definition) is 0. The van der Waals surface area contributed by atoms with Gasteiger partial charge in [-0.15, -0.1) is 0 Å². The Bertz CT molecular complexity index is 2330. The van der Waals surface area contributed by atoms with Crippen molar-refractivity contribution in [3.63, 3.8) is 0 Å². The summed E-state index contributed by atoms with van der Waals surface area (Å²) in [6, 6.07) is 3.05. The summed E-state index contributed by atoms with van der Waals surface area (Å²) < 4.78 is 50.9. The van der Waals surface area contributed by atoms with Crippen molar-refractivity contribution >= 4 is 71.1 Å². The molecule has 1 aromatic rings. The van der Waals surface area contributed by atoms with Crippen LogP contribution < -0.4 is 9.47 Å². The SMILES string of the molecule is [C-]#[N+]/C(C(=O)OC(C)C)=C1\Sc2c(OC(=O)C3CCC(OC(=O)C(=O)C4CCC(OCCCCC(=O)OC=C)CC4)CC3)ccc(OC(=O)C3CCC(OC(=O)C4CCC(OCCCCOC(=O)C=C)CC4)CC3)c2S1. The van der Waals surface area contributed by atoms with Crippen LogP contribution in [0.2, 0.25) is 0 Å². The zero-order valence-corrected chi connectivity index (χ0v) is 45.2. The quantitative estimate of drug-likeness (QED) is 0.0130. The van der Waals surface area contributed by atoms with E-state index in [-0.39, 0.29) is 64.0 Å². The molecule has 0 spiro atoms. The van der Waals surface area contributed by atoms with Gasteiger partial charge < -0.3 is 42.6 Å². The van der Waals surface area contributed by atoms with Gasteiger partial charge in [0.15, 0.2) is 0 Å². The molecule has 0 atom stereocenters. The summed E-state index contributed by atoms with van der Waals surface area (Å²) in [6.07, 6.45) is 12.4. The first kappa shape index (κ1) is 59.7. The average Bonchev–Trinajstić information content (AvgIpc) is 3.87. The van der Waals surface area contributed by atoms with E-state index in [0.717, 1.165) is 55.1 Å². The third-order valence-corrected chi connectivity index (χ3v) is 16.8. The number of nitrogens with zero attached hydrogens (tertiary/aromatic N) is 1. The maximum Gasteiger partial charge on any atom is 0.375 e. The number of fused-ring (bicyclic) bond motifs is 1. The zero-order valence-electron chi connectivity index (χ0n) is 43.6. The molecule has 0 saturated heterocycles. The van der Waals surface area contributed by atoms with Crippen molar-refractivity contribution in [1.29, 1.82) is 0 Å². The molecule has 4 aliphatic carbocycles.